The van der Waals surface area contributed by atoms with Crippen LogP contribution in [0.1, 0.15) is 12.0 Å². The van der Waals surface area contributed by atoms with Gasteiger partial charge in [0, 0.05) is 31.6 Å². The molecule has 6 nitrogen and oxygen atoms in total. The van der Waals surface area contributed by atoms with E-state index in [0.717, 1.165) is 11.8 Å². The van der Waals surface area contributed by atoms with Crippen molar-refractivity contribution in [2.45, 2.75) is 6.42 Å². The Morgan fingerprint density at radius 2 is 2.08 bits per heavy atom. The van der Waals surface area contributed by atoms with Crippen LogP contribution in [0.25, 0.3) is 6.08 Å². The summed E-state index contributed by atoms with van der Waals surface area (Å²) in [5, 5.41) is 1.80. The summed E-state index contributed by atoms with van der Waals surface area (Å²) in [6.45, 7) is 2.62. The fraction of sp³-hybridized carbons (Fsp3) is 0.353. The molecule has 2 heterocycles. The van der Waals surface area contributed by atoms with Gasteiger partial charge in [-0.2, -0.15) is 0 Å². The number of thioether (sulfide) groups is 1. The van der Waals surface area contributed by atoms with Gasteiger partial charge in [0.2, 0.25) is 5.91 Å². The molecule has 2 aliphatic heterocycles. The number of nitrogens with one attached hydrogen (secondary N) is 1. The van der Waals surface area contributed by atoms with Crippen molar-refractivity contribution < 1.29 is 18.7 Å². The van der Waals surface area contributed by atoms with Gasteiger partial charge in [0.05, 0.1) is 18.1 Å². The van der Waals surface area contributed by atoms with E-state index in [1.165, 1.54) is 17.0 Å². The molecule has 26 heavy (non-hydrogen) atoms. The van der Waals surface area contributed by atoms with Crippen molar-refractivity contribution in [3.05, 3.63) is 40.6 Å². The number of carbonyl (C=O) groups is 2. The van der Waals surface area contributed by atoms with Gasteiger partial charge in [0.25, 0.3) is 5.91 Å². The molecule has 138 valence electrons. The number of thiocarbonyl (C=S) groups is 1. The van der Waals surface area contributed by atoms with E-state index in [1.54, 1.807) is 23.2 Å². The number of benzene rings is 1. The van der Waals surface area contributed by atoms with Crippen LogP contribution in [0.15, 0.2) is 29.2 Å². The Labute approximate surface area is 160 Å². The maximum Gasteiger partial charge on any atom is 0.266 e. The van der Waals surface area contributed by atoms with Gasteiger partial charge in [0.15, 0.2) is 0 Å². The fourth-order valence-corrected chi connectivity index (χ4v) is 3.85. The second-order valence-corrected chi connectivity index (χ2v) is 7.42. The molecule has 0 aromatic heterocycles. The highest BCUT2D eigenvalue weighted by Crippen LogP contribution is 2.32. The number of carbonyl (C=O) groups excluding carboxylic acids is 2. The summed E-state index contributed by atoms with van der Waals surface area (Å²) in [4.78, 5) is 26.3. The maximum atomic E-state index is 13.8. The van der Waals surface area contributed by atoms with E-state index < -0.39 is 5.82 Å². The lowest BCUT2D eigenvalue weighted by Gasteiger charge is -2.27. The zero-order valence-corrected chi connectivity index (χ0v) is 15.6. The van der Waals surface area contributed by atoms with E-state index >= 15 is 0 Å². The second-order valence-electron chi connectivity index (χ2n) is 5.74. The van der Waals surface area contributed by atoms with Crippen molar-refractivity contribution in [1.82, 2.24) is 15.3 Å². The molecule has 0 bridgehead atoms. The number of rotatable bonds is 5. The lowest BCUT2D eigenvalue weighted by atomic mass is 10.2. The third-order valence-electron chi connectivity index (χ3n) is 3.92. The number of morpholine rings is 1. The van der Waals surface area contributed by atoms with E-state index in [9.17, 15) is 14.0 Å². The molecular formula is C17H18FN3O3S2. The van der Waals surface area contributed by atoms with Crippen molar-refractivity contribution in [3.63, 3.8) is 0 Å². The average Bonchev–Trinajstić information content (AvgIpc) is 2.89. The highest BCUT2D eigenvalue weighted by Gasteiger charge is 2.32. The highest BCUT2D eigenvalue weighted by atomic mass is 32.2. The van der Waals surface area contributed by atoms with Gasteiger partial charge in [-0.3, -0.25) is 19.9 Å². The molecule has 1 aromatic rings. The van der Waals surface area contributed by atoms with Gasteiger partial charge >= 0.3 is 0 Å². The van der Waals surface area contributed by atoms with E-state index in [2.05, 4.69) is 5.43 Å². The Balaban J connectivity index is 1.57. The molecule has 2 aliphatic rings. The van der Waals surface area contributed by atoms with Crippen molar-refractivity contribution >= 4 is 46.2 Å². The largest absolute Gasteiger partial charge is 0.379 e. The quantitative estimate of drug-likeness (QED) is 0.606. The molecule has 0 unspecified atom stereocenters. The van der Waals surface area contributed by atoms with Gasteiger partial charge in [-0.25, -0.2) is 9.40 Å². The third kappa shape index (κ3) is 4.67. The van der Waals surface area contributed by atoms with Crippen molar-refractivity contribution in [2.75, 3.05) is 32.8 Å². The number of nitrogens with zero attached hydrogens (tertiary/aromatic N) is 2. The smallest absolute Gasteiger partial charge is 0.266 e. The van der Waals surface area contributed by atoms with E-state index in [4.69, 9.17) is 17.0 Å². The Morgan fingerprint density at radius 1 is 1.35 bits per heavy atom. The number of hydrogen-bond acceptors (Lipinski definition) is 6. The van der Waals surface area contributed by atoms with Crippen LogP contribution < -0.4 is 5.43 Å². The Hall–Kier alpha value is -1.81. The molecule has 9 heteroatoms. The van der Waals surface area contributed by atoms with Crippen LogP contribution in [-0.2, 0) is 14.3 Å². The molecular weight excluding hydrogens is 377 g/mol. The van der Waals surface area contributed by atoms with E-state index in [-0.39, 0.29) is 24.8 Å². The lowest BCUT2D eigenvalue weighted by Crippen LogP contribution is -2.49. The topological polar surface area (TPSA) is 61.9 Å². The molecule has 1 aromatic carbocycles. The van der Waals surface area contributed by atoms with Crippen LogP contribution in [0.4, 0.5) is 4.39 Å². The van der Waals surface area contributed by atoms with E-state index in [0.29, 0.717) is 41.1 Å². The number of ether oxygens (including phenoxy) is 1. The van der Waals surface area contributed by atoms with Crippen molar-refractivity contribution in [3.8, 4) is 0 Å². The first-order valence-corrected chi connectivity index (χ1v) is 9.39. The zero-order chi connectivity index (χ0) is 18.5. The minimum Gasteiger partial charge on any atom is -0.379 e. The van der Waals surface area contributed by atoms with Gasteiger partial charge in [-0.15, -0.1) is 0 Å². The third-order valence-corrected chi connectivity index (χ3v) is 5.30. The average molecular weight is 395 g/mol. The molecule has 0 aliphatic carbocycles. The van der Waals surface area contributed by atoms with Crippen molar-refractivity contribution in [1.29, 1.82) is 0 Å². The number of hydrazine groups is 1. The van der Waals surface area contributed by atoms with Gasteiger partial charge < -0.3 is 4.74 Å². The van der Waals surface area contributed by atoms with Gasteiger partial charge in [0.1, 0.15) is 10.1 Å². The molecule has 2 amide bonds. The summed E-state index contributed by atoms with van der Waals surface area (Å²) in [6, 6.07) is 6.22. The molecule has 2 fully saturated rings. The Kier molecular flexibility index (Phi) is 6.36. The molecule has 0 spiro atoms. The summed E-state index contributed by atoms with van der Waals surface area (Å²) in [6.07, 6.45) is 1.62. The zero-order valence-electron chi connectivity index (χ0n) is 13.9. The minimum atomic E-state index is -0.400. The summed E-state index contributed by atoms with van der Waals surface area (Å²) >= 11 is 6.35. The fourth-order valence-electron chi connectivity index (χ4n) is 2.55. The van der Waals surface area contributed by atoms with E-state index in [1.807, 2.05) is 0 Å². The maximum absolute atomic E-state index is 13.8. The van der Waals surface area contributed by atoms with Crippen molar-refractivity contribution in [2.24, 2.45) is 0 Å². The van der Waals surface area contributed by atoms with Gasteiger partial charge in [-0.05, 0) is 12.1 Å². The number of amides is 2. The molecule has 1 N–H and O–H groups in total. The van der Waals surface area contributed by atoms with Gasteiger partial charge in [-0.1, -0.05) is 42.2 Å². The Bertz CT molecular complexity index is 751. The predicted molar refractivity (Wildman–Crippen MR) is 101 cm³/mol. The monoisotopic (exact) mass is 395 g/mol. The number of hydrogen-bond donors (Lipinski definition) is 1. The van der Waals surface area contributed by atoms with Crippen LogP contribution in [-0.4, -0.2) is 58.9 Å². The van der Waals surface area contributed by atoms with Crippen LogP contribution in [0.2, 0.25) is 0 Å². The number of halogens is 1. The van der Waals surface area contributed by atoms with Crippen LogP contribution >= 0.6 is 24.0 Å². The first kappa shape index (κ1) is 19.0. The summed E-state index contributed by atoms with van der Waals surface area (Å²) in [7, 11) is 0. The van der Waals surface area contributed by atoms with Crippen LogP contribution in [0.3, 0.4) is 0 Å². The summed E-state index contributed by atoms with van der Waals surface area (Å²) < 4.78 is 19.4. The normalized spacial score (nSPS) is 20.0. The van der Waals surface area contributed by atoms with Crippen LogP contribution in [0.5, 0.6) is 0 Å². The molecule has 2 saturated heterocycles. The Morgan fingerprint density at radius 3 is 2.81 bits per heavy atom. The first-order chi connectivity index (χ1) is 12.5. The minimum absolute atomic E-state index is 0.136. The lowest BCUT2D eigenvalue weighted by molar-refractivity contribution is -0.128. The SMILES string of the molecule is O=C(CCN1C(=O)C(=Cc2ccccc2F)SC1=S)NN1CCOCC1. The predicted octanol–water partition coefficient (Wildman–Crippen LogP) is 1.78. The second kappa shape index (κ2) is 8.72. The molecule has 3 rings (SSSR count). The standard InChI is InChI=1S/C17H18FN3O3S2/c18-13-4-2-1-3-12(13)11-14-16(23)21(17(25)26-14)6-5-15(22)19-20-7-9-24-10-8-20/h1-4,11H,5-10H2,(H,19,22). The van der Waals surface area contributed by atoms with Crippen LogP contribution in [0, 0.1) is 5.82 Å². The molecule has 0 radical (unpaired) electrons. The highest BCUT2D eigenvalue weighted by molar-refractivity contribution is 8.26. The summed E-state index contributed by atoms with van der Waals surface area (Å²) in [5.41, 5.74) is 3.12. The molecule has 0 saturated carbocycles. The summed E-state index contributed by atoms with van der Waals surface area (Å²) in [5.74, 6) is -0.885. The first-order valence-electron chi connectivity index (χ1n) is 8.16. The molecule has 0 atom stereocenters.